The Hall–Kier alpha value is -3.74. The molecular formula is C26H28N2O5. The molecule has 0 bridgehead atoms. The van der Waals surface area contributed by atoms with E-state index in [0.717, 1.165) is 23.3 Å². The first kappa shape index (κ1) is 22.5. The first-order valence-electron chi connectivity index (χ1n) is 11.1. The molecule has 172 valence electrons. The van der Waals surface area contributed by atoms with Crippen molar-refractivity contribution in [2.24, 2.45) is 0 Å². The van der Waals surface area contributed by atoms with Gasteiger partial charge in [0.25, 0.3) is 5.91 Å². The highest BCUT2D eigenvalue weighted by atomic mass is 16.5. The number of ether oxygens (including phenoxy) is 4. The molecule has 7 nitrogen and oxygen atoms in total. The largest absolute Gasteiger partial charge is 0.492 e. The van der Waals surface area contributed by atoms with Crippen molar-refractivity contribution in [3.8, 4) is 23.0 Å². The average Bonchev–Trinajstić information content (AvgIpc) is 3.18. The minimum absolute atomic E-state index is 0.105. The zero-order valence-electron chi connectivity index (χ0n) is 19.1. The molecule has 7 heteroatoms. The van der Waals surface area contributed by atoms with Gasteiger partial charge in [-0.25, -0.2) is 0 Å². The first-order valence-corrected chi connectivity index (χ1v) is 11.1. The van der Waals surface area contributed by atoms with E-state index in [-0.39, 0.29) is 12.0 Å². The number of nitrogens with one attached hydrogen (secondary N) is 1. The molecule has 0 saturated carbocycles. The monoisotopic (exact) mass is 448 g/mol. The lowest BCUT2D eigenvalue weighted by Gasteiger charge is -2.15. The second kappa shape index (κ2) is 10.3. The molecule has 2 heterocycles. The van der Waals surface area contributed by atoms with Crippen LogP contribution in [0.5, 0.6) is 23.0 Å². The van der Waals surface area contributed by atoms with Gasteiger partial charge in [-0.1, -0.05) is 6.07 Å². The Morgan fingerprint density at radius 3 is 2.64 bits per heavy atom. The van der Waals surface area contributed by atoms with E-state index in [9.17, 15) is 4.79 Å². The second-order valence-electron chi connectivity index (χ2n) is 7.72. The lowest BCUT2D eigenvalue weighted by Crippen LogP contribution is -2.13. The molecule has 4 rings (SSSR count). The number of nitrogens with zero attached hydrogens (tertiary/aromatic N) is 1. The van der Waals surface area contributed by atoms with Gasteiger partial charge >= 0.3 is 0 Å². The van der Waals surface area contributed by atoms with E-state index in [1.54, 1.807) is 30.6 Å². The van der Waals surface area contributed by atoms with Crippen molar-refractivity contribution in [1.29, 1.82) is 0 Å². The van der Waals surface area contributed by atoms with Crippen LogP contribution in [0.4, 0.5) is 5.69 Å². The minimum Gasteiger partial charge on any atom is -0.492 e. The number of carbonyl (C=O) groups is 1. The van der Waals surface area contributed by atoms with E-state index in [1.807, 2.05) is 45.0 Å². The quantitative estimate of drug-likeness (QED) is 0.494. The average molecular weight is 449 g/mol. The molecule has 0 aliphatic carbocycles. The number of carbonyl (C=O) groups excluding carboxylic acids is 1. The van der Waals surface area contributed by atoms with E-state index in [2.05, 4.69) is 10.3 Å². The molecule has 1 aromatic heterocycles. The van der Waals surface area contributed by atoms with Crippen LogP contribution in [0.15, 0.2) is 54.9 Å². The maximum absolute atomic E-state index is 13.1. The molecule has 33 heavy (non-hydrogen) atoms. The van der Waals surface area contributed by atoms with Gasteiger partial charge in [-0.3, -0.25) is 9.78 Å². The lowest BCUT2D eigenvalue weighted by molar-refractivity contribution is 0.102. The maximum atomic E-state index is 13.1. The third-order valence-corrected chi connectivity index (χ3v) is 5.17. The molecule has 1 unspecified atom stereocenters. The number of hydrogen-bond acceptors (Lipinski definition) is 6. The highest BCUT2D eigenvalue weighted by Gasteiger charge is 2.23. The Kier molecular flexibility index (Phi) is 6.98. The molecule has 0 radical (unpaired) electrons. The Morgan fingerprint density at radius 2 is 1.88 bits per heavy atom. The van der Waals surface area contributed by atoms with Crippen LogP contribution in [0, 0.1) is 0 Å². The van der Waals surface area contributed by atoms with Crippen LogP contribution in [-0.4, -0.2) is 30.2 Å². The zero-order chi connectivity index (χ0) is 23.2. The topological polar surface area (TPSA) is 78.9 Å². The van der Waals surface area contributed by atoms with Crippen molar-refractivity contribution in [2.75, 3.05) is 18.5 Å². The molecule has 0 fully saturated rings. The van der Waals surface area contributed by atoms with Crippen LogP contribution in [0.2, 0.25) is 0 Å². The van der Waals surface area contributed by atoms with Gasteiger partial charge in [-0.05, 0) is 51.1 Å². The Bertz CT molecular complexity index is 1120. The molecule has 2 aromatic carbocycles. The molecule has 1 atom stereocenters. The van der Waals surface area contributed by atoms with E-state index < -0.39 is 0 Å². The summed E-state index contributed by atoms with van der Waals surface area (Å²) in [6.07, 6.45) is 4.39. The number of aromatic nitrogens is 1. The SMILES string of the molecule is CCOc1cc2c(cc1NC(=O)c1ccc(OCc3cccnc3)c(OCC)c1)OC(C)C2. The summed E-state index contributed by atoms with van der Waals surface area (Å²) in [5.74, 6) is 2.19. The predicted octanol–water partition coefficient (Wildman–Crippen LogP) is 5.03. The normalized spacial score (nSPS) is 14.2. The van der Waals surface area contributed by atoms with Crippen LogP contribution in [0.3, 0.4) is 0 Å². The van der Waals surface area contributed by atoms with Gasteiger partial charge < -0.3 is 24.3 Å². The van der Waals surface area contributed by atoms with Gasteiger partial charge in [0, 0.05) is 41.6 Å². The fourth-order valence-corrected chi connectivity index (χ4v) is 3.69. The fraction of sp³-hybridized carbons (Fsp3) is 0.308. The Morgan fingerprint density at radius 1 is 1.06 bits per heavy atom. The van der Waals surface area contributed by atoms with Gasteiger partial charge in [-0.15, -0.1) is 0 Å². The molecule has 3 aromatic rings. The van der Waals surface area contributed by atoms with E-state index >= 15 is 0 Å². The lowest BCUT2D eigenvalue weighted by atomic mass is 10.1. The van der Waals surface area contributed by atoms with Crippen molar-refractivity contribution < 1.29 is 23.7 Å². The van der Waals surface area contributed by atoms with Gasteiger partial charge in [0.1, 0.15) is 24.2 Å². The highest BCUT2D eigenvalue weighted by Crippen LogP contribution is 2.38. The number of pyridine rings is 1. The summed E-state index contributed by atoms with van der Waals surface area (Å²) >= 11 is 0. The third-order valence-electron chi connectivity index (χ3n) is 5.17. The summed E-state index contributed by atoms with van der Waals surface area (Å²) in [4.78, 5) is 17.2. The number of benzene rings is 2. The van der Waals surface area contributed by atoms with Gasteiger partial charge in [0.05, 0.1) is 18.9 Å². The van der Waals surface area contributed by atoms with Crippen LogP contribution in [-0.2, 0) is 13.0 Å². The Labute approximate surface area is 193 Å². The summed E-state index contributed by atoms with van der Waals surface area (Å²) in [5, 5.41) is 2.95. The van der Waals surface area contributed by atoms with E-state index in [4.69, 9.17) is 18.9 Å². The number of anilines is 1. The van der Waals surface area contributed by atoms with Crippen LogP contribution < -0.4 is 24.3 Å². The number of rotatable bonds is 9. The second-order valence-corrected chi connectivity index (χ2v) is 7.72. The predicted molar refractivity (Wildman–Crippen MR) is 126 cm³/mol. The summed E-state index contributed by atoms with van der Waals surface area (Å²) in [7, 11) is 0. The molecule has 1 N–H and O–H groups in total. The van der Waals surface area contributed by atoms with Crippen LogP contribution >= 0.6 is 0 Å². The molecule has 1 aliphatic rings. The van der Waals surface area contributed by atoms with Crippen LogP contribution in [0.25, 0.3) is 0 Å². The van der Waals surface area contributed by atoms with E-state index in [0.29, 0.717) is 48.3 Å². The molecule has 1 aliphatic heterocycles. The van der Waals surface area contributed by atoms with Crippen molar-refractivity contribution >= 4 is 11.6 Å². The van der Waals surface area contributed by atoms with Gasteiger partial charge in [0.2, 0.25) is 0 Å². The smallest absolute Gasteiger partial charge is 0.255 e. The highest BCUT2D eigenvalue weighted by molar-refractivity contribution is 6.05. The van der Waals surface area contributed by atoms with Crippen molar-refractivity contribution in [1.82, 2.24) is 4.98 Å². The summed E-state index contributed by atoms with van der Waals surface area (Å²) in [6, 6.07) is 12.7. The molecule has 1 amide bonds. The van der Waals surface area contributed by atoms with Crippen molar-refractivity contribution in [3.05, 3.63) is 71.5 Å². The minimum atomic E-state index is -0.276. The summed E-state index contributed by atoms with van der Waals surface area (Å²) < 4.78 is 23.3. The van der Waals surface area contributed by atoms with Crippen molar-refractivity contribution in [2.45, 2.75) is 39.9 Å². The van der Waals surface area contributed by atoms with Crippen molar-refractivity contribution in [3.63, 3.8) is 0 Å². The van der Waals surface area contributed by atoms with E-state index in [1.165, 1.54) is 0 Å². The maximum Gasteiger partial charge on any atom is 0.255 e. The fourth-order valence-electron chi connectivity index (χ4n) is 3.69. The standard InChI is InChI=1S/C26H28N2O5/c1-4-30-24-13-20-11-17(3)33-23(20)14-21(24)28-26(29)19-8-9-22(25(12-19)31-5-2)32-16-18-7-6-10-27-15-18/h6-10,12-15,17H,4-5,11,16H2,1-3H3,(H,28,29). The summed E-state index contributed by atoms with van der Waals surface area (Å²) in [5.41, 5.74) is 3.05. The number of fused-ring (bicyclic) bond motifs is 1. The zero-order valence-corrected chi connectivity index (χ0v) is 19.1. The number of hydrogen-bond donors (Lipinski definition) is 1. The number of amides is 1. The first-order chi connectivity index (χ1) is 16.1. The molecule has 0 saturated heterocycles. The third kappa shape index (κ3) is 5.37. The van der Waals surface area contributed by atoms with Gasteiger partial charge in [-0.2, -0.15) is 0 Å². The van der Waals surface area contributed by atoms with Gasteiger partial charge in [0.15, 0.2) is 11.5 Å². The molecule has 0 spiro atoms. The Balaban J connectivity index is 1.53. The van der Waals surface area contributed by atoms with Crippen LogP contribution in [0.1, 0.15) is 42.3 Å². The molecular weight excluding hydrogens is 420 g/mol. The summed E-state index contributed by atoms with van der Waals surface area (Å²) in [6.45, 7) is 7.11.